The lowest BCUT2D eigenvalue weighted by molar-refractivity contribution is -0.109. The molecule has 0 spiro atoms. The quantitative estimate of drug-likeness (QED) is 0.489. The van der Waals surface area contributed by atoms with E-state index in [-0.39, 0.29) is 5.75 Å². The summed E-state index contributed by atoms with van der Waals surface area (Å²) < 4.78 is 0. The van der Waals surface area contributed by atoms with Gasteiger partial charge in [-0.3, -0.25) is 4.79 Å². The number of aryl methyl sites for hydroxylation is 1. The predicted molar refractivity (Wildman–Crippen MR) is 128 cm³/mol. The fraction of sp³-hybridized carbons (Fsp3) is 0.400. The molecule has 1 atom stereocenters. The maximum absolute atomic E-state index is 10.6. The Kier molecular flexibility index (Phi) is 8.39. The van der Waals surface area contributed by atoms with Crippen LogP contribution in [0.3, 0.4) is 0 Å². The number of phenols is 1. The number of fused-ring (bicyclic) bond motifs is 1. The number of carbonyl (C=O) groups is 1. The lowest BCUT2D eigenvalue weighted by Gasteiger charge is -2.20. The Bertz CT molecular complexity index is 1040. The average molecular weight is 437 g/mol. The molecule has 1 aliphatic heterocycles. The van der Waals surface area contributed by atoms with Crippen molar-refractivity contribution in [1.29, 1.82) is 0 Å². The van der Waals surface area contributed by atoms with E-state index in [1.807, 2.05) is 25.1 Å². The van der Waals surface area contributed by atoms with Gasteiger partial charge < -0.3 is 20.4 Å². The first-order chi connectivity index (χ1) is 15.6. The summed E-state index contributed by atoms with van der Waals surface area (Å²) in [6, 6.07) is 13.3. The summed E-state index contributed by atoms with van der Waals surface area (Å²) in [5, 5.41) is 22.1. The first-order valence-corrected chi connectivity index (χ1v) is 11.2. The van der Waals surface area contributed by atoms with Gasteiger partial charge in [-0.15, -0.1) is 0 Å². The second-order valence-electron chi connectivity index (χ2n) is 8.11. The number of para-hydroxylation sites is 1. The molecule has 2 heterocycles. The second-order valence-corrected chi connectivity index (χ2v) is 8.11. The van der Waals surface area contributed by atoms with Crippen molar-refractivity contribution in [3.63, 3.8) is 0 Å². The molecule has 7 nitrogen and oxygen atoms in total. The number of rotatable bonds is 7. The Morgan fingerprint density at radius 2 is 2.03 bits per heavy atom. The Labute approximate surface area is 189 Å². The van der Waals surface area contributed by atoms with Crippen molar-refractivity contribution in [1.82, 2.24) is 15.3 Å². The van der Waals surface area contributed by atoms with Gasteiger partial charge in [-0.25, -0.2) is 9.97 Å². The zero-order valence-electron chi connectivity index (χ0n) is 18.8. The minimum absolute atomic E-state index is 0.171. The Morgan fingerprint density at radius 3 is 2.72 bits per heavy atom. The third kappa shape index (κ3) is 5.73. The lowest BCUT2D eigenvalue weighted by atomic mass is 10.1. The van der Waals surface area contributed by atoms with E-state index in [2.05, 4.69) is 29.3 Å². The minimum Gasteiger partial charge on any atom is -0.507 e. The number of aromatic hydroxyl groups is 1. The van der Waals surface area contributed by atoms with Crippen LogP contribution in [0, 0.1) is 12.8 Å². The molecule has 32 heavy (non-hydrogen) atoms. The van der Waals surface area contributed by atoms with Gasteiger partial charge in [0.2, 0.25) is 6.41 Å². The molecule has 0 radical (unpaired) electrons. The average Bonchev–Trinajstić information content (AvgIpc) is 3.27. The van der Waals surface area contributed by atoms with Gasteiger partial charge in [0.25, 0.3) is 0 Å². The number of hydrogen-bond acceptors (Lipinski definition) is 6. The van der Waals surface area contributed by atoms with E-state index in [9.17, 15) is 9.90 Å². The highest BCUT2D eigenvalue weighted by Gasteiger charge is 2.25. The van der Waals surface area contributed by atoms with Crippen LogP contribution in [0.2, 0.25) is 0 Å². The van der Waals surface area contributed by atoms with Gasteiger partial charge in [0.15, 0.2) is 5.82 Å². The number of carbonyl (C=O) groups excluding carboxylic acids is 1. The molecule has 2 aromatic carbocycles. The normalized spacial score (nSPS) is 15.3. The molecular formula is C25H32N4O3. The molecule has 170 valence electrons. The molecule has 0 bridgehead atoms. The highest BCUT2D eigenvalue weighted by atomic mass is 16.3. The number of nitrogens with one attached hydrogen (secondary N) is 1. The van der Waals surface area contributed by atoms with Gasteiger partial charge in [0.1, 0.15) is 11.6 Å². The number of nitrogens with zero attached hydrogens (tertiary/aromatic N) is 3. The highest BCUT2D eigenvalue weighted by molar-refractivity contribution is 5.92. The maximum atomic E-state index is 10.6. The molecule has 1 aliphatic rings. The molecular weight excluding hydrogens is 404 g/mol. The van der Waals surface area contributed by atoms with Crippen LogP contribution in [0.4, 0.5) is 5.82 Å². The molecule has 7 heteroatoms. The van der Waals surface area contributed by atoms with Gasteiger partial charge >= 0.3 is 0 Å². The number of benzene rings is 2. The fourth-order valence-corrected chi connectivity index (χ4v) is 3.81. The number of unbranched alkanes of at least 4 members (excludes halogenated alkanes) is 1. The molecule has 1 amide bonds. The van der Waals surface area contributed by atoms with Crippen LogP contribution in [0.25, 0.3) is 22.3 Å². The van der Waals surface area contributed by atoms with Gasteiger partial charge in [-0.2, -0.15) is 0 Å². The number of anilines is 1. The summed E-state index contributed by atoms with van der Waals surface area (Å²) in [5.41, 5.74) is 2.62. The topological polar surface area (TPSA) is 98.6 Å². The van der Waals surface area contributed by atoms with Crippen LogP contribution < -0.4 is 10.2 Å². The zero-order valence-corrected chi connectivity index (χ0v) is 18.8. The van der Waals surface area contributed by atoms with Gasteiger partial charge in [-0.05, 0) is 55.5 Å². The van der Waals surface area contributed by atoms with E-state index in [0.29, 0.717) is 30.5 Å². The van der Waals surface area contributed by atoms with Crippen molar-refractivity contribution in [2.45, 2.75) is 33.1 Å². The standard InChI is InChI=1S/C21H22N4O2.C4H10O/c1-14-6-7-16-18(10-14)23-20(17-4-2-3-5-19(17)27)24-21(16)25-9-8-15(12-25)11-22-13-26;1-2-3-4-5/h2-7,10,13,15,27H,8-9,11-12H2,1H3,(H,22,26);5H,2-4H2,1H3. The van der Waals surface area contributed by atoms with Crippen LogP contribution in [0.15, 0.2) is 42.5 Å². The Balaban J connectivity index is 0.000000523. The molecule has 0 aliphatic carbocycles. The van der Waals surface area contributed by atoms with E-state index in [1.165, 1.54) is 0 Å². The SMILES string of the molecule is CCCCO.Cc1ccc2c(N3CCC(CNC=O)C3)nc(-c3ccccc3O)nc2c1. The van der Waals surface area contributed by atoms with E-state index < -0.39 is 0 Å². The minimum atomic E-state index is 0.171. The summed E-state index contributed by atoms with van der Waals surface area (Å²) in [5.74, 6) is 1.98. The fourth-order valence-electron chi connectivity index (χ4n) is 3.81. The van der Waals surface area contributed by atoms with Crippen LogP contribution >= 0.6 is 0 Å². The summed E-state index contributed by atoms with van der Waals surface area (Å²) >= 11 is 0. The van der Waals surface area contributed by atoms with E-state index in [1.54, 1.807) is 12.1 Å². The highest BCUT2D eigenvalue weighted by Crippen LogP contribution is 2.33. The summed E-state index contributed by atoms with van der Waals surface area (Å²) in [4.78, 5) is 22.4. The maximum Gasteiger partial charge on any atom is 0.207 e. The van der Waals surface area contributed by atoms with Crippen LogP contribution in [0.5, 0.6) is 5.75 Å². The van der Waals surface area contributed by atoms with Gasteiger partial charge in [0, 0.05) is 31.6 Å². The van der Waals surface area contributed by atoms with Crippen molar-refractivity contribution < 1.29 is 15.0 Å². The number of hydrogen-bond donors (Lipinski definition) is 3. The first kappa shape index (κ1) is 23.5. The number of amides is 1. The third-order valence-electron chi connectivity index (χ3n) is 5.56. The smallest absolute Gasteiger partial charge is 0.207 e. The largest absolute Gasteiger partial charge is 0.507 e. The lowest BCUT2D eigenvalue weighted by Crippen LogP contribution is -2.26. The Hall–Kier alpha value is -3.19. The first-order valence-electron chi connectivity index (χ1n) is 11.2. The van der Waals surface area contributed by atoms with Crippen molar-refractivity contribution in [3.8, 4) is 17.1 Å². The molecule has 1 fully saturated rings. The number of aliphatic hydroxyl groups is 1. The summed E-state index contributed by atoms with van der Waals surface area (Å²) in [7, 11) is 0. The second kappa shape index (κ2) is 11.4. The zero-order chi connectivity index (χ0) is 22.9. The van der Waals surface area contributed by atoms with Crippen molar-refractivity contribution in [2.24, 2.45) is 5.92 Å². The molecule has 0 saturated carbocycles. The summed E-state index contributed by atoms with van der Waals surface area (Å²) in [6.07, 6.45) is 3.79. The van der Waals surface area contributed by atoms with Gasteiger partial charge in [-0.1, -0.05) is 31.5 Å². The molecule has 3 aromatic rings. The number of aromatic nitrogens is 2. The molecule has 1 saturated heterocycles. The third-order valence-corrected chi connectivity index (χ3v) is 5.56. The number of aliphatic hydroxyl groups excluding tert-OH is 1. The molecule has 1 unspecified atom stereocenters. The van der Waals surface area contributed by atoms with Gasteiger partial charge in [0.05, 0.1) is 11.1 Å². The van der Waals surface area contributed by atoms with Crippen molar-refractivity contribution in [2.75, 3.05) is 31.1 Å². The molecule has 1 aromatic heterocycles. The molecule has 3 N–H and O–H groups in total. The van der Waals surface area contributed by atoms with E-state index in [0.717, 1.165) is 61.0 Å². The predicted octanol–water partition coefficient (Wildman–Crippen LogP) is 3.66. The van der Waals surface area contributed by atoms with Crippen LogP contribution in [-0.2, 0) is 4.79 Å². The Morgan fingerprint density at radius 1 is 1.22 bits per heavy atom. The van der Waals surface area contributed by atoms with Crippen molar-refractivity contribution in [3.05, 3.63) is 48.0 Å². The van der Waals surface area contributed by atoms with E-state index in [4.69, 9.17) is 15.1 Å². The van der Waals surface area contributed by atoms with Crippen LogP contribution in [-0.4, -0.2) is 52.8 Å². The summed E-state index contributed by atoms with van der Waals surface area (Å²) in [6.45, 7) is 6.82. The van der Waals surface area contributed by atoms with Crippen molar-refractivity contribution >= 4 is 23.1 Å². The number of phenolic OH excluding ortho intramolecular Hbond substituents is 1. The van der Waals surface area contributed by atoms with Crippen LogP contribution in [0.1, 0.15) is 31.7 Å². The monoisotopic (exact) mass is 436 g/mol. The van der Waals surface area contributed by atoms with E-state index >= 15 is 0 Å². The molecule has 4 rings (SSSR count).